The van der Waals surface area contributed by atoms with Crippen LogP contribution >= 0.6 is 11.8 Å². The Hall–Kier alpha value is -3.45. The lowest BCUT2D eigenvalue weighted by molar-refractivity contribution is -0.115. The molecule has 0 spiro atoms. The van der Waals surface area contributed by atoms with Crippen molar-refractivity contribution in [3.05, 3.63) is 78.4 Å². The van der Waals surface area contributed by atoms with Crippen molar-refractivity contribution in [3.63, 3.8) is 0 Å². The topological polar surface area (TPSA) is 76.7 Å². The second-order valence-electron chi connectivity index (χ2n) is 6.68. The molecule has 0 bridgehead atoms. The van der Waals surface area contributed by atoms with Crippen LogP contribution in [-0.2, 0) is 16.0 Å². The van der Waals surface area contributed by atoms with Crippen molar-refractivity contribution in [1.29, 1.82) is 0 Å². The van der Waals surface area contributed by atoms with E-state index in [1.165, 1.54) is 11.8 Å². The standard InChI is InChI=1S/C24H24N2O4S/c1-29-20-12-19(13-21(15-20)30-2)26-24(28)16-31-22-10-6-9-18(14-22)25-23(27)11-17-7-4-3-5-8-17/h3-10,12-15H,11,16H2,1-2H3,(H,25,27)(H,26,28). The molecule has 7 heteroatoms. The maximum atomic E-state index is 12.4. The first-order valence-corrected chi connectivity index (χ1v) is 10.6. The van der Waals surface area contributed by atoms with Gasteiger partial charge in [-0.25, -0.2) is 0 Å². The molecule has 0 aliphatic rings. The zero-order valence-electron chi connectivity index (χ0n) is 17.4. The normalized spacial score (nSPS) is 10.3. The van der Waals surface area contributed by atoms with Gasteiger partial charge in [-0.3, -0.25) is 9.59 Å². The molecule has 2 N–H and O–H groups in total. The number of anilines is 2. The van der Waals surface area contributed by atoms with E-state index >= 15 is 0 Å². The Bertz CT molecular complexity index is 1020. The molecular formula is C24H24N2O4S. The third-order valence-corrected chi connectivity index (χ3v) is 5.32. The number of rotatable bonds is 9. The number of thioether (sulfide) groups is 1. The van der Waals surface area contributed by atoms with Crippen LogP contribution in [-0.4, -0.2) is 31.8 Å². The van der Waals surface area contributed by atoms with Gasteiger partial charge in [0, 0.05) is 34.5 Å². The van der Waals surface area contributed by atoms with Crippen LogP contribution in [0.5, 0.6) is 11.5 Å². The lowest BCUT2D eigenvalue weighted by Crippen LogP contribution is -2.15. The van der Waals surface area contributed by atoms with E-state index < -0.39 is 0 Å². The number of nitrogens with one attached hydrogen (secondary N) is 2. The molecule has 0 aromatic heterocycles. The summed E-state index contributed by atoms with van der Waals surface area (Å²) in [6.45, 7) is 0. The Kier molecular flexibility index (Phi) is 7.95. The molecule has 31 heavy (non-hydrogen) atoms. The highest BCUT2D eigenvalue weighted by Crippen LogP contribution is 2.26. The number of carbonyl (C=O) groups excluding carboxylic acids is 2. The summed E-state index contributed by atoms with van der Waals surface area (Å²) in [5.41, 5.74) is 2.25. The second kappa shape index (κ2) is 11.1. The molecule has 0 atom stereocenters. The minimum atomic E-state index is -0.154. The molecule has 0 aliphatic carbocycles. The van der Waals surface area contributed by atoms with E-state index in [0.29, 0.717) is 29.3 Å². The van der Waals surface area contributed by atoms with Crippen molar-refractivity contribution >= 4 is 35.0 Å². The van der Waals surface area contributed by atoms with Crippen LogP contribution in [0.15, 0.2) is 77.7 Å². The Balaban J connectivity index is 1.54. The predicted octanol–water partition coefficient (Wildman–Crippen LogP) is 4.62. The van der Waals surface area contributed by atoms with Crippen LogP contribution in [0, 0.1) is 0 Å². The number of hydrogen-bond acceptors (Lipinski definition) is 5. The number of amides is 2. The Morgan fingerprint density at radius 1 is 0.774 bits per heavy atom. The summed E-state index contributed by atoms with van der Waals surface area (Å²) in [7, 11) is 3.11. The van der Waals surface area contributed by atoms with Gasteiger partial charge in [0.2, 0.25) is 11.8 Å². The third kappa shape index (κ3) is 7.08. The quantitative estimate of drug-likeness (QED) is 0.479. The lowest BCUT2D eigenvalue weighted by Gasteiger charge is -2.10. The van der Waals surface area contributed by atoms with Crippen LogP contribution in [0.1, 0.15) is 5.56 Å². The largest absolute Gasteiger partial charge is 0.497 e. The fourth-order valence-electron chi connectivity index (χ4n) is 2.88. The van der Waals surface area contributed by atoms with Crippen LogP contribution in [0.2, 0.25) is 0 Å². The van der Waals surface area contributed by atoms with Gasteiger partial charge in [0.05, 0.1) is 26.4 Å². The first kappa shape index (κ1) is 22.2. The molecule has 160 valence electrons. The van der Waals surface area contributed by atoms with Crippen molar-refractivity contribution in [1.82, 2.24) is 0 Å². The van der Waals surface area contributed by atoms with Crippen molar-refractivity contribution in [3.8, 4) is 11.5 Å². The van der Waals surface area contributed by atoms with Crippen molar-refractivity contribution < 1.29 is 19.1 Å². The van der Waals surface area contributed by atoms with Gasteiger partial charge in [-0.2, -0.15) is 0 Å². The molecule has 0 saturated heterocycles. The fourth-order valence-corrected chi connectivity index (χ4v) is 3.63. The van der Waals surface area contributed by atoms with Gasteiger partial charge >= 0.3 is 0 Å². The molecule has 3 aromatic carbocycles. The minimum absolute atomic E-state index is 0.0851. The van der Waals surface area contributed by atoms with E-state index in [0.717, 1.165) is 10.5 Å². The molecular weight excluding hydrogens is 412 g/mol. The average molecular weight is 437 g/mol. The van der Waals surface area contributed by atoms with E-state index in [1.54, 1.807) is 32.4 Å². The van der Waals surface area contributed by atoms with Crippen LogP contribution in [0.3, 0.4) is 0 Å². The highest BCUT2D eigenvalue weighted by Gasteiger charge is 2.09. The first-order valence-electron chi connectivity index (χ1n) is 9.65. The maximum Gasteiger partial charge on any atom is 0.234 e. The van der Waals surface area contributed by atoms with Crippen LogP contribution in [0.25, 0.3) is 0 Å². The summed E-state index contributed by atoms with van der Waals surface area (Å²) < 4.78 is 10.4. The van der Waals surface area contributed by atoms with Gasteiger partial charge in [0.25, 0.3) is 0 Å². The van der Waals surface area contributed by atoms with Crippen molar-refractivity contribution in [2.75, 3.05) is 30.6 Å². The number of benzene rings is 3. The molecule has 0 heterocycles. The zero-order valence-corrected chi connectivity index (χ0v) is 18.2. The molecule has 3 rings (SSSR count). The molecule has 0 unspecified atom stereocenters. The number of hydrogen-bond donors (Lipinski definition) is 2. The third-order valence-electron chi connectivity index (χ3n) is 4.33. The van der Waals surface area contributed by atoms with E-state index in [-0.39, 0.29) is 17.6 Å². The van der Waals surface area contributed by atoms with Gasteiger partial charge in [-0.15, -0.1) is 11.8 Å². The Morgan fingerprint density at radius 2 is 1.45 bits per heavy atom. The SMILES string of the molecule is COc1cc(NC(=O)CSc2cccc(NC(=O)Cc3ccccc3)c2)cc(OC)c1. The average Bonchev–Trinajstić information content (AvgIpc) is 2.78. The van der Waals surface area contributed by atoms with Gasteiger partial charge in [0.15, 0.2) is 0 Å². The lowest BCUT2D eigenvalue weighted by atomic mass is 10.1. The highest BCUT2D eigenvalue weighted by molar-refractivity contribution is 8.00. The summed E-state index contributed by atoms with van der Waals surface area (Å²) >= 11 is 1.39. The maximum absolute atomic E-state index is 12.4. The molecule has 0 aliphatic heterocycles. The molecule has 6 nitrogen and oxygen atoms in total. The van der Waals surface area contributed by atoms with Crippen molar-refractivity contribution in [2.24, 2.45) is 0 Å². The fraction of sp³-hybridized carbons (Fsp3) is 0.167. The molecule has 0 saturated carbocycles. The molecule has 0 radical (unpaired) electrons. The number of carbonyl (C=O) groups is 2. The number of methoxy groups -OCH3 is 2. The summed E-state index contributed by atoms with van der Waals surface area (Å²) in [5, 5.41) is 5.75. The Morgan fingerprint density at radius 3 is 2.13 bits per heavy atom. The van der Waals surface area contributed by atoms with E-state index in [1.807, 2.05) is 54.6 Å². The van der Waals surface area contributed by atoms with Crippen LogP contribution < -0.4 is 20.1 Å². The van der Waals surface area contributed by atoms with E-state index in [4.69, 9.17) is 9.47 Å². The second-order valence-corrected chi connectivity index (χ2v) is 7.73. The van der Waals surface area contributed by atoms with Crippen LogP contribution in [0.4, 0.5) is 11.4 Å². The summed E-state index contributed by atoms with van der Waals surface area (Å²) in [6.07, 6.45) is 0.310. The molecule has 3 aromatic rings. The van der Waals surface area contributed by atoms with Crippen molar-refractivity contribution in [2.45, 2.75) is 11.3 Å². The number of ether oxygens (including phenoxy) is 2. The first-order chi connectivity index (χ1) is 15.1. The van der Waals surface area contributed by atoms with Gasteiger partial charge in [-0.05, 0) is 23.8 Å². The smallest absolute Gasteiger partial charge is 0.234 e. The monoisotopic (exact) mass is 436 g/mol. The Labute approximate surface area is 186 Å². The molecule has 0 fully saturated rings. The van der Waals surface area contributed by atoms with E-state index in [9.17, 15) is 9.59 Å². The highest BCUT2D eigenvalue weighted by atomic mass is 32.2. The molecule has 2 amide bonds. The summed E-state index contributed by atoms with van der Waals surface area (Å²) in [6, 6.07) is 22.2. The van der Waals surface area contributed by atoms with Gasteiger partial charge < -0.3 is 20.1 Å². The summed E-state index contributed by atoms with van der Waals surface area (Å²) in [5.74, 6) is 1.18. The zero-order chi connectivity index (χ0) is 22.1. The predicted molar refractivity (Wildman–Crippen MR) is 124 cm³/mol. The summed E-state index contributed by atoms with van der Waals surface area (Å²) in [4.78, 5) is 25.5. The van der Waals surface area contributed by atoms with Gasteiger partial charge in [0.1, 0.15) is 11.5 Å². The van der Waals surface area contributed by atoms with E-state index in [2.05, 4.69) is 10.6 Å². The van der Waals surface area contributed by atoms with Gasteiger partial charge in [-0.1, -0.05) is 36.4 Å². The minimum Gasteiger partial charge on any atom is -0.497 e.